The average molecular weight is 262 g/mol. The molecule has 1 saturated carbocycles. The lowest BCUT2D eigenvalue weighted by molar-refractivity contribution is -0.115. The van der Waals surface area contributed by atoms with E-state index in [4.69, 9.17) is 4.74 Å². The van der Waals surface area contributed by atoms with E-state index in [2.05, 4.69) is 32.0 Å². The molecular weight excluding hydrogens is 236 g/mol. The van der Waals surface area contributed by atoms with Crippen molar-refractivity contribution >= 4 is 0 Å². The zero-order chi connectivity index (χ0) is 13.9. The number of ether oxygens (including phenoxy) is 1. The Kier molecular flexibility index (Phi) is 4.64. The zero-order valence-electron chi connectivity index (χ0n) is 12.4. The molecule has 2 rings (SSSR count). The van der Waals surface area contributed by atoms with Crippen LogP contribution in [0, 0.1) is 13.8 Å². The van der Waals surface area contributed by atoms with Gasteiger partial charge < -0.3 is 9.84 Å². The fraction of sp³-hybridized carbons (Fsp3) is 0.647. The lowest BCUT2D eigenvalue weighted by Gasteiger charge is -2.34. The Morgan fingerprint density at radius 2 is 1.95 bits per heavy atom. The van der Waals surface area contributed by atoms with Gasteiger partial charge >= 0.3 is 0 Å². The Bertz CT molecular complexity index is 419. The number of aliphatic hydroxyl groups is 1. The first-order valence-electron chi connectivity index (χ1n) is 7.45. The molecule has 1 fully saturated rings. The Morgan fingerprint density at radius 1 is 1.26 bits per heavy atom. The van der Waals surface area contributed by atoms with Crippen LogP contribution in [0.15, 0.2) is 18.2 Å². The van der Waals surface area contributed by atoms with E-state index in [-0.39, 0.29) is 5.60 Å². The summed E-state index contributed by atoms with van der Waals surface area (Å²) in [6, 6.07) is 6.45. The van der Waals surface area contributed by atoms with Crippen LogP contribution >= 0.6 is 0 Å². The van der Waals surface area contributed by atoms with Crippen LogP contribution in [0.4, 0.5) is 0 Å². The second kappa shape index (κ2) is 6.06. The van der Waals surface area contributed by atoms with E-state index < -0.39 is 6.10 Å². The number of hydrogen-bond donors (Lipinski definition) is 1. The van der Waals surface area contributed by atoms with Gasteiger partial charge in [-0.1, -0.05) is 36.6 Å². The molecule has 1 unspecified atom stereocenters. The van der Waals surface area contributed by atoms with E-state index in [1.807, 2.05) is 6.92 Å². The maximum absolute atomic E-state index is 10.7. The molecule has 0 aliphatic heterocycles. The van der Waals surface area contributed by atoms with Crippen LogP contribution in [-0.4, -0.2) is 23.4 Å². The fourth-order valence-corrected chi connectivity index (χ4v) is 3.25. The number of hydrogen-bond acceptors (Lipinski definition) is 2. The second-order valence-electron chi connectivity index (χ2n) is 5.85. The minimum atomic E-state index is -0.393. The molecule has 0 aromatic heterocycles. The smallest absolute Gasteiger partial charge is 0.0943 e. The summed E-state index contributed by atoms with van der Waals surface area (Å²) in [6.45, 7) is 6.92. The van der Waals surface area contributed by atoms with Gasteiger partial charge in [-0.05, 0) is 44.7 Å². The molecule has 0 amide bonds. The maximum Gasteiger partial charge on any atom is 0.0943 e. The van der Waals surface area contributed by atoms with Crippen molar-refractivity contribution < 1.29 is 9.84 Å². The van der Waals surface area contributed by atoms with Crippen LogP contribution < -0.4 is 0 Å². The predicted molar refractivity (Wildman–Crippen MR) is 78.5 cm³/mol. The molecule has 0 spiro atoms. The monoisotopic (exact) mass is 262 g/mol. The third-order valence-electron chi connectivity index (χ3n) is 4.41. The third kappa shape index (κ3) is 3.18. The molecule has 19 heavy (non-hydrogen) atoms. The molecule has 0 heterocycles. The molecule has 0 bridgehead atoms. The SMILES string of the molecule is CCOC1(C(O)Cc2cc(C)ccc2C)CCCC1. The van der Waals surface area contributed by atoms with Gasteiger partial charge in [0, 0.05) is 13.0 Å². The van der Waals surface area contributed by atoms with Crippen molar-refractivity contribution in [1.82, 2.24) is 0 Å². The number of rotatable bonds is 5. The molecule has 0 radical (unpaired) electrons. The van der Waals surface area contributed by atoms with Crippen LogP contribution in [0.2, 0.25) is 0 Å². The summed E-state index contributed by atoms with van der Waals surface area (Å²) in [7, 11) is 0. The summed E-state index contributed by atoms with van der Waals surface area (Å²) in [4.78, 5) is 0. The Labute approximate surface area is 116 Å². The Morgan fingerprint density at radius 3 is 2.58 bits per heavy atom. The van der Waals surface area contributed by atoms with Crippen LogP contribution in [-0.2, 0) is 11.2 Å². The molecule has 1 aliphatic rings. The lowest BCUT2D eigenvalue weighted by atomic mass is 9.88. The van der Waals surface area contributed by atoms with Crippen molar-refractivity contribution in [1.29, 1.82) is 0 Å². The first-order valence-corrected chi connectivity index (χ1v) is 7.45. The highest BCUT2D eigenvalue weighted by Crippen LogP contribution is 2.37. The number of aryl methyl sites for hydroxylation is 2. The number of benzene rings is 1. The van der Waals surface area contributed by atoms with Gasteiger partial charge in [-0.3, -0.25) is 0 Å². The highest BCUT2D eigenvalue weighted by atomic mass is 16.5. The molecule has 1 atom stereocenters. The molecule has 1 N–H and O–H groups in total. The molecule has 1 aliphatic carbocycles. The lowest BCUT2D eigenvalue weighted by Crippen LogP contribution is -2.43. The minimum Gasteiger partial charge on any atom is -0.390 e. The maximum atomic E-state index is 10.7. The summed E-state index contributed by atoms with van der Waals surface area (Å²) in [5, 5.41) is 10.7. The van der Waals surface area contributed by atoms with Crippen molar-refractivity contribution in [2.24, 2.45) is 0 Å². The molecule has 106 valence electrons. The van der Waals surface area contributed by atoms with E-state index in [1.165, 1.54) is 29.5 Å². The van der Waals surface area contributed by atoms with Crippen molar-refractivity contribution in [3.8, 4) is 0 Å². The van der Waals surface area contributed by atoms with Crippen molar-refractivity contribution in [3.63, 3.8) is 0 Å². The molecule has 2 heteroatoms. The Balaban J connectivity index is 2.14. The van der Waals surface area contributed by atoms with Gasteiger partial charge in [0.15, 0.2) is 0 Å². The van der Waals surface area contributed by atoms with Crippen LogP contribution in [0.1, 0.15) is 49.3 Å². The molecule has 2 nitrogen and oxygen atoms in total. The average Bonchev–Trinajstić information content (AvgIpc) is 2.84. The van der Waals surface area contributed by atoms with E-state index in [1.54, 1.807) is 0 Å². The summed E-state index contributed by atoms with van der Waals surface area (Å²) in [5.41, 5.74) is 3.46. The number of aliphatic hydroxyl groups excluding tert-OH is 1. The summed E-state index contributed by atoms with van der Waals surface area (Å²) in [5.74, 6) is 0. The van der Waals surface area contributed by atoms with E-state index in [0.717, 1.165) is 12.8 Å². The van der Waals surface area contributed by atoms with Crippen molar-refractivity contribution in [3.05, 3.63) is 34.9 Å². The highest BCUT2D eigenvalue weighted by Gasteiger charge is 2.41. The summed E-state index contributed by atoms with van der Waals surface area (Å²) < 4.78 is 5.94. The van der Waals surface area contributed by atoms with Gasteiger partial charge in [0.2, 0.25) is 0 Å². The fourth-order valence-electron chi connectivity index (χ4n) is 3.25. The van der Waals surface area contributed by atoms with Crippen molar-refractivity contribution in [2.45, 2.75) is 64.6 Å². The normalized spacial score (nSPS) is 19.6. The van der Waals surface area contributed by atoms with E-state index in [9.17, 15) is 5.11 Å². The van der Waals surface area contributed by atoms with E-state index >= 15 is 0 Å². The molecular formula is C17H26O2. The van der Waals surface area contributed by atoms with Crippen molar-refractivity contribution in [2.75, 3.05) is 6.61 Å². The van der Waals surface area contributed by atoms with Gasteiger partial charge in [0.05, 0.1) is 11.7 Å². The van der Waals surface area contributed by atoms with Gasteiger partial charge in [-0.25, -0.2) is 0 Å². The molecule has 0 saturated heterocycles. The van der Waals surface area contributed by atoms with E-state index in [0.29, 0.717) is 13.0 Å². The zero-order valence-corrected chi connectivity index (χ0v) is 12.4. The van der Waals surface area contributed by atoms with Crippen LogP contribution in [0.25, 0.3) is 0 Å². The highest BCUT2D eigenvalue weighted by molar-refractivity contribution is 5.31. The van der Waals surface area contributed by atoms with Crippen LogP contribution in [0.5, 0.6) is 0 Å². The van der Waals surface area contributed by atoms with Crippen LogP contribution in [0.3, 0.4) is 0 Å². The molecule has 1 aromatic rings. The quantitative estimate of drug-likeness (QED) is 0.879. The summed E-state index contributed by atoms with van der Waals surface area (Å²) >= 11 is 0. The van der Waals surface area contributed by atoms with Gasteiger partial charge in [-0.2, -0.15) is 0 Å². The van der Waals surface area contributed by atoms with Gasteiger partial charge in [0.1, 0.15) is 0 Å². The van der Waals surface area contributed by atoms with Gasteiger partial charge in [-0.15, -0.1) is 0 Å². The topological polar surface area (TPSA) is 29.5 Å². The largest absolute Gasteiger partial charge is 0.390 e. The third-order valence-corrected chi connectivity index (χ3v) is 4.41. The molecule has 1 aromatic carbocycles. The first-order chi connectivity index (χ1) is 9.07. The minimum absolute atomic E-state index is 0.301. The predicted octanol–water partition coefficient (Wildman–Crippen LogP) is 3.56. The Hall–Kier alpha value is -0.860. The van der Waals surface area contributed by atoms with Gasteiger partial charge in [0.25, 0.3) is 0 Å². The first kappa shape index (κ1) is 14.5. The standard InChI is InChI=1S/C17H26O2/c1-4-19-17(9-5-6-10-17)16(18)12-15-11-13(2)7-8-14(15)3/h7-8,11,16,18H,4-6,9-10,12H2,1-3H3. The second-order valence-corrected chi connectivity index (χ2v) is 5.85. The summed E-state index contributed by atoms with van der Waals surface area (Å²) in [6.07, 6.45) is 4.64.